The zero-order chi connectivity index (χ0) is 17.2. The van der Waals surface area contributed by atoms with Crippen LogP contribution in [0.3, 0.4) is 0 Å². The first-order valence-corrected chi connectivity index (χ1v) is 11.9. The SMILES string of the molecule is CCC1=Cc2ccccc2C1C[SiH2]CC1C(CC)=Cc2ccccc21. The lowest BCUT2D eigenvalue weighted by Crippen LogP contribution is -2.07. The van der Waals surface area contributed by atoms with E-state index in [4.69, 9.17) is 0 Å². The fraction of sp³-hybridized carbons (Fsp3) is 0.333. The van der Waals surface area contributed by atoms with E-state index in [2.05, 4.69) is 74.5 Å². The molecule has 0 amide bonds. The van der Waals surface area contributed by atoms with Gasteiger partial charge in [0.1, 0.15) is 0 Å². The Kier molecular flexibility index (Phi) is 4.76. The molecule has 0 heterocycles. The molecule has 0 aliphatic heterocycles. The van der Waals surface area contributed by atoms with Gasteiger partial charge in [0, 0.05) is 21.4 Å². The highest BCUT2D eigenvalue weighted by atomic mass is 28.2. The molecule has 0 fully saturated rings. The second kappa shape index (κ2) is 7.17. The van der Waals surface area contributed by atoms with Crippen molar-refractivity contribution >= 4 is 21.7 Å². The van der Waals surface area contributed by atoms with Crippen LogP contribution in [0, 0.1) is 0 Å². The molecule has 128 valence electrons. The van der Waals surface area contributed by atoms with E-state index in [0.29, 0.717) is 11.8 Å². The third kappa shape index (κ3) is 3.06. The molecule has 0 nitrogen and oxygen atoms in total. The fourth-order valence-corrected chi connectivity index (χ4v) is 7.24. The summed E-state index contributed by atoms with van der Waals surface area (Å²) in [6.45, 7) is 4.63. The third-order valence-corrected chi connectivity index (χ3v) is 8.09. The lowest BCUT2D eigenvalue weighted by atomic mass is 9.96. The molecule has 25 heavy (non-hydrogen) atoms. The molecular weight excluding hydrogens is 316 g/mol. The fourth-order valence-electron chi connectivity index (χ4n) is 4.82. The van der Waals surface area contributed by atoms with Gasteiger partial charge >= 0.3 is 0 Å². The van der Waals surface area contributed by atoms with Gasteiger partial charge in [-0.25, -0.2) is 0 Å². The van der Waals surface area contributed by atoms with Gasteiger partial charge in [-0.3, -0.25) is 0 Å². The number of hydrogen-bond acceptors (Lipinski definition) is 0. The van der Waals surface area contributed by atoms with Crippen molar-refractivity contribution < 1.29 is 0 Å². The van der Waals surface area contributed by atoms with Gasteiger partial charge < -0.3 is 0 Å². The summed E-state index contributed by atoms with van der Waals surface area (Å²) < 4.78 is 0. The van der Waals surface area contributed by atoms with Gasteiger partial charge in [-0.2, -0.15) is 0 Å². The van der Waals surface area contributed by atoms with Gasteiger partial charge in [0.15, 0.2) is 0 Å². The van der Waals surface area contributed by atoms with E-state index in [1.54, 1.807) is 22.3 Å². The summed E-state index contributed by atoms with van der Waals surface area (Å²) in [6, 6.07) is 20.9. The molecular formula is C24H28Si. The van der Waals surface area contributed by atoms with Gasteiger partial charge in [-0.1, -0.05) is 97.8 Å². The van der Waals surface area contributed by atoms with E-state index in [1.165, 1.54) is 36.1 Å². The number of hydrogen-bond donors (Lipinski definition) is 0. The largest absolute Gasteiger partial charge is 0.0627 e. The maximum atomic E-state index is 2.46. The number of allylic oxidation sites excluding steroid dienone is 2. The summed E-state index contributed by atoms with van der Waals surface area (Å²) in [5.74, 6) is 1.41. The van der Waals surface area contributed by atoms with Gasteiger partial charge in [0.2, 0.25) is 0 Å². The molecule has 0 radical (unpaired) electrons. The molecule has 0 saturated heterocycles. The van der Waals surface area contributed by atoms with Crippen LogP contribution >= 0.6 is 0 Å². The lowest BCUT2D eigenvalue weighted by Gasteiger charge is -2.19. The van der Waals surface area contributed by atoms with E-state index in [9.17, 15) is 0 Å². The van der Waals surface area contributed by atoms with Crippen molar-refractivity contribution in [1.82, 2.24) is 0 Å². The minimum Gasteiger partial charge on any atom is -0.0627 e. The van der Waals surface area contributed by atoms with Crippen LogP contribution < -0.4 is 0 Å². The first-order chi connectivity index (χ1) is 12.3. The van der Waals surface area contributed by atoms with Crippen LogP contribution in [-0.4, -0.2) is 9.52 Å². The number of benzene rings is 2. The smallest absolute Gasteiger partial charge is 0.0218 e. The van der Waals surface area contributed by atoms with Gasteiger partial charge in [-0.15, -0.1) is 0 Å². The van der Waals surface area contributed by atoms with Crippen LogP contribution in [0.5, 0.6) is 0 Å². The highest BCUT2D eigenvalue weighted by Crippen LogP contribution is 2.43. The summed E-state index contributed by atoms with van der Waals surface area (Å²) >= 11 is 0. The Labute approximate surface area is 154 Å². The second-order valence-corrected chi connectivity index (χ2v) is 9.30. The third-order valence-electron chi connectivity index (χ3n) is 6.12. The van der Waals surface area contributed by atoms with Gasteiger partial charge in [0.05, 0.1) is 0 Å². The van der Waals surface area contributed by atoms with Crippen LogP contribution in [0.2, 0.25) is 12.1 Å². The summed E-state index contributed by atoms with van der Waals surface area (Å²) in [5.41, 5.74) is 9.44. The number of rotatable bonds is 6. The first kappa shape index (κ1) is 16.6. The summed E-state index contributed by atoms with van der Waals surface area (Å²) in [4.78, 5) is 0. The molecule has 2 aliphatic rings. The summed E-state index contributed by atoms with van der Waals surface area (Å²) in [5, 5.41) is 0. The molecule has 0 N–H and O–H groups in total. The van der Waals surface area contributed by atoms with E-state index < -0.39 is 0 Å². The molecule has 2 aliphatic carbocycles. The molecule has 0 spiro atoms. The maximum absolute atomic E-state index is 2.46. The van der Waals surface area contributed by atoms with Crippen LogP contribution in [-0.2, 0) is 0 Å². The average Bonchev–Trinajstić information content (AvgIpc) is 3.20. The zero-order valence-electron chi connectivity index (χ0n) is 15.5. The first-order valence-electron chi connectivity index (χ1n) is 9.90. The summed E-state index contributed by atoms with van der Waals surface area (Å²) in [6.07, 6.45) is 7.30. The van der Waals surface area contributed by atoms with Crippen molar-refractivity contribution in [3.8, 4) is 0 Å². The van der Waals surface area contributed by atoms with Crippen LogP contribution in [0.15, 0.2) is 59.7 Å². The van der Waals surface area contributed by atoms with Crippen molar-refractivity contribution in [2.24, 2.45) is 0 Å². The second-order valence-electron chi connectivity index (χ2n) is 7.44. The molecule has 0 saturated carbocycles. The van der Waals surface area contributed by atoms with Crippen LogP contribution in [0.25, 0.3) is 12.2 Å². The van der Waals surface area contributed by atoms with Gasteiger partial charge in [0.25, 0.3) is 0 Å². The monoisotopic (exact) mass is 344 g/mol. The minimum atomic E-state index is -0.0904. The topological polar surface area (TPSA) is 0 Å². The number of fused-ring (bicyclic) bond motifs is 2. The van der Waals surface area contributed by atoms with Crippen molar-refractivity contribution in [3.63, 3.8) is 0 Å². The van der Waals surface area contributed by atoms with Crippen molar-refractivity contribution in [3.05, 3.63) is 81.9 Å². The van der Waals surface area contributed by atoms with Crippen molar-refractivity contribution in [1.29, 1.82) is 0 Å². The highest BCUT2D eigenvalue weighted by Gasteiger charge is 2.26. The Morgan fingerprint density at radius 3 is 1.56 bits per heavy atom. The molecule has 2 atom stereocenters. The van der Waals surface area contributed by atoms with E-state index in [1.807, 2.05) is 0 Å². The van der Waals surface area contributed by atoms with Crippen LogP contribution in [0.4, 0.5) is 0 Å². The van der Waals surface area contributed by atoms with Crippen LogP contribution in [0.1, 0.15) is 60.8 Å². The Balaban J connectivity index is 1.46. The predicted octanol–water partition coefficient (Wildman–Crippen LogP) is 6.17. The van der Waals surface area contributed by atoms with Crippen molar-refractivity contribution in [2.45, 2.75) is 50.6 Å². The standard InChI is InChI=1S/C24H28Si/c1-3-17-13-19-9-5-7-11-21(19)23(17)15-25-16-24-18(4-2)14-20-10-6-8-12-22(20)24/h5-14,23-24H,3-4,15-16,25H2,1-2H3. The Bertz CT molecular complexity index is 758. The molecule has 0 bridgehead atoms. The molecule has 0 aromatic heterocycles. The predicted molar refractivity (Wildman–Crippen MR) is 113 cm³/mol. The lowest BCUT2D eigenvalue weighted by molar-refractivity contribution is 0.830. The average molecular weight is 345 g/mol. The molecule has 2 aromatic carbocycles. The zero-order valence-corrected chi connectivity index (χ0v) is 16.9. The van der Waals surface area contributed by atoms with E-state index in [0.717, 1.165) is 0 Å². The maximum Gasteiger partial charge on any atom is 0.0218 e. The summed E-state index contributed by atoms with van der Waals surface area (Å²) in [7, 11) is -0.0904. The Hall–Kier alpha value is -1.86. The van der Waals surface area contributed by atoms with E-state index in [-0.39, 0.29) is 9.52 Å². The van der Waals surface area contributed by atoms with Gasteiger partial charge in [-0.05, 0) is 35.1 Å². The molecule has 2 unspecified atom stereocenters. The quantitative estimate of drug-likeness (QED) is 0.549. The Morgan fingerprint density at radius 1 is 0.680 bits per heavy atom. The molecule has 4 rings (SSSR count). The van der Waals surface area contributed by atoms with Crippen molar-refractivity contribution in [2.75, 3.05) is 0 Å². The Morgan fingerprint density at radius 2 is 1.12 bits per heavy atom. The highest BCUT2D eigenvalue weighted by molar-refractivity contribution is 6.36. The molecule has 1 heteroatoms. The normalized spacial score (nSPS) is 21.4. The van der Waals surface area contributed by atoms with E-state index >= 15 is 0 Å². The minimum absolute atomic E-state index is 0.0904. The molecule has 2 aromatic rings.